The Morgan fingerprint density at radius 2 is 1.94 bits per heavy atom. The number of rotatable bonds is 10. The number of carbonyl (C=O) groups excluding carboxylic acids is 2. The average Bonchev–Trinajstić information content (AvgIpc) is 3.34. The number of nitrogens with two attached hydrogens (primary N) is 1. The molecule has 1 aromatic heterocycles. The Balaban J connectivity index is 1.65. The van der Waals surface area contributed by atoms with Gasteiger partial charge in [0.1, 0.15) is 5.75 Å². The first-order valence-electron chi connectivity index (χ1n) is 11.7. The number of benzene rings is 2. The van der Waals surface area contributed by atoms with Crippen molar-refractivity contribution in [3.05, 3.63) is 53.7 Å². The summed E-state index contributed by atoms with van der Waals surface area (Å²) in [5.74, 6) is 0.187. The molecule has 0 bridgehead atoms. The maximum absolute atomic E-state index is 12.8. The molecule has 4 rings (SSSR count). The number of sulfonamides is 1. The lowest BCUT2D eigenvalue weighted by atomic mass is 10.0. The molecule has 36 heavy (non-hydrogen) atoms. The number of fused-ring (bicyclic) bond motifs is 2. The lowest BCUT2D eigenvalue weighted by Crippen LogP contribution is -2.12. The fourth-order valence-corrected chi connectivity index (χ4v) is 4.87. The van der Waals surface area contributed by atoms with Crippen LogP contribution < -0.4 is 15.2 Å². The smallest absolute Gasteiger partial charge is 0.305 e. The molecule has 0 spiro atoms. The molecule has 0 saturated carbocycles. The summed E-state index contributed by atoms with van der Waals surface area (Å²) < 4.78 is 36.2. The Hall–Kier alpha value is -3.63. The van der Waals surface area contributed by atoms with Crippen molar-refractivity contribution in [2.75, 3.05) is 19.0 Å². The fourth-order valence-electron chi connectivity index (χ4n) is 4.34. The molecular formula is C26H29N3O6S. The predicted octanol–water partition coefficient (Wildman–Crippen LogP) is 3.91. The van der Waals surface area contributed by atoms with Crippen molar-refractivity contribution in [2.45, 2.75) is 44.0 Å². The fraction of sp³-hybridized carbons (Fsp3) is 0.308. The minimum atomic E-state index is -3.92. The van der Waals surface area contributed by atoms with Gasteiger partial charge >= 0.3 is 5.97 Å². The van der Waals surface area contributed by atoms with E-state index < -0.39 is 10.0 Å². The summed E-state index contributed by atoms with van der Waals surface area (Å²) in [5, 5.41) is 8.98. The summed E-state index contributed by atoms with van der Waals surface area (Å²) in [6, 6.07) is 10.1. The van der Waals surface area contributed by atoms with Gasteiger partial charge in [0, 0.05) is 52.5 Å². The third-order valence-corrected chi connectivity index (χ3v) is 7.02. The zero-order valence-electron chi connectivity index (χ0n) is 20.2. The van der Waals surface area contributed by atoms with Gasteiger partial charge in [0.15, 0.2) is 0 Å². The van der Waals surface area contributed by atoms with Gasteiger partial charge < -0.3 is 19.4 Å². The number of nitrogens with zero attached hydrogens (tertiary/aromatic N) is 1. The Morgan fingerprint density at radius 1 is 1.14 bits per heavy atom. The number of aryl methyl sites for hydroxylation is 1. The van der Waals surface area contributed by atoms with Gasteiger partial charge in [-0.3, -0.25) is 9.59 Å². The number of carbonyl (C=O) groups is 2. The predicted molar refractivity (Wildman–Crippen MR) is 138 cm³/mol. The Bertz CT molecular complexity index is 1460. The third kappa shape index (κ3) is 5.44. The lowest BCUT2D eigenvalue weighted by Gasteiger charge is -2.06. The van der Waals surface area contributed by atoms with E-state index in [1.807, 2.05) is 24.4 Å². The summed E-state index contributed by atoms with van der Waals surface area (Å²) in [5.41, 5.74) is 3.14. The molecule has 0 atom stereocenters. The van der Waals surface area contributed by atoms with Crippen LogP contribution in [0, 0.1) is 0 Å². The Kier molecular flexibility index (Phi) is 7.46. The van der Waals surface area contributed by atoms with Gasteiger partial charge in [-0.05, 0) is 62.2 Å². The molecule has 3 aromatic rings. The van der Waals surface area contributed by atoms with Crippen molar-refractivity contribution < 1.29 is 27.5 Å². The second-order valence-corrected chi connectivity index (χ2v) is 10.1. The highest BCUT2D eigenvalue weighted by molar-refractivity contribution is 7.89. The number of anilines is 1. The number of amides is 1. The minimum Gasteiger partial charge on any atom is -0.497 e. The summed E-state index contributed by atoms with van der Waals surface area (Å²) in [7, 11) is -2.32. The zero-order valence-corrected chi connectivity index (χ0v) is 21.1. The monoisotopic (exact) mass is 511 g/mol. The van der Waals surface area contributed by atoms with Crippen LogP contribution in [0.15, 0.2) is 47.5 Å². The van der Waals surface area contributed by atoms with Gasteiger partial charge in [0.2, 0.25) is 10.0 Å². The quantitative estimate of drug-likeness (QED) is 0.241. The topological polar surface area (TPSA) is 130 Å². The highest BCUT2D eigenvalue weighted by atomic mass is 32.2. The maximum Gasteiger partial charge on any atom is 0.305 e. The first kappa shape index (κ1) is 25.5. The van der Waals surface area contributed by atoms with E-state index in [1.54, 1.807) is 20.1 Å². The highest BCUT2D eigenvalue weighted by Gasteiger charge is 2.26. The van der Waals surface area contributed by atoms with Crippen LogP contribution in [0.2, 0.25) is 0 Å². The van der Waals surface area contributed by atoms with Gasteiger partial charge in [-0.25, -0.2) is 13.6 Å². The van der Waals surface area contributed by atoms with Crippen LogP contribution in [0.3, 0.4) is 0 Å². The molecule has 0 radical (unpaired) electrons. The number of hydrogen-bond acceptors (Lipinski definition) is 6. The second-order valence-electron chi connectivity index (χ2n) is 8.54. The van der Waals surface area contributed by atoms with Crippen LogP contribution in [-0.4, -0.2) is 38.6 Å². The minimum absolute atomic E-state index is 0.0597. The van der Waals surface area contributed by atoms with Gasteiger partial charge in [-0.15, -0.1) is 0 Å². The molecule has 0 aliphatic carbocycles. The van der Waals surface area contributed by atoms with Crippen molar-refractivity contribution >= 4 is 50.1 Å². The molecule has 1 aliphatic heterocycles. The molecule has 0 fully saturated rings. The first-order valence-corrected chi connectivity index (χ1v) is 13.3. The van der Waals surface area contributed by atoms with Crippen molar-refractivity contribution in [1.29, 1.82) is 0 Å². The highest BCUT2D eigenvalue weighted by Crippen LogP contribution is 2.36. The van der Waals surface area contributed by atoms with Crippen molar-refractivity contribution in [3.8, 4) is 5.75 Å². The molecule has 3 N–H and O–H groups in total. The number of nitrogens with one attached hydrogen (secondary N) is 1. The van der Waals surface area contributed by atoms with E-state index in [-0.39, 0.29) is 16.8 Å². The van der Waals surface area contributed by atoms with E-state index in [0.29, 0.717) is 35.6 Å². The van der Waals surface area contributed by atoms with Crippen LogP contribution in [0.25, 0.3) is 22.6 Å². The van der Waals surface area contributed by atoms with Gasteiger partial charge in [-0.2, -0.15) is 0 Å². The molecule has 190 valence electrons. The summed E-state index contributed by atoms with van der Waals surface area (Å²) in [4.78, 5) is 24.3. The number of ether oxygens (including phenoxy) is 2. The van der Waals surface area contributed by atoms with Gasteiger partial charge in [0.05, 0.1) is 18.6 Å². The average molecular weight is 512 g/mol. The third-order valence-electron chi connectivity index (χ3n) is 6.11. The van der Waals surface area contributed by atoms with Crippen LogP contribution in [0.4, 0.5) is 5.69 Å². The number of esters is 1. The molecule has 9 nitrogen and oxygen atoms in total. The normalized spacial score (nSPS) is 14.2. The Morgan fingerprint density at radius 3 is 2.67 bits per heavy atom. The SMILES string of the molecule is CCOC(=O)CCCCCn1cc(/C=C2\C(=O)Nc3ccc(S(N)(=O)=O)cc32)c2cc(OC)ccc21. The standard InChI is InChI=1S/C26H29N3O6S/c1-3-35-25(30)7-5-4-6-12-29-16-17(20-14-18(34-2)8-11-24(20)29)13-22-21-15-19(36(27,32)33)9-10-23(21)28-26(22)31/h8-11,13-16H,3-7,12H2,1-2H3,(H,28,31)(H2,27,32,33)/b22-13-. The van der Waals surface area contributed by atoms with E-state index in [4.69, 9.17) is 14.6 Å². The lowest BCUT2D eigenvalue weighted by molar-refractivity contribution is -0.143. The molecule has 1 aliphatic rings. The largest absolute Gasteiger partial charge is 0.497 e. The number of unbranched alkanes of at least 4 members (excludes halogenated alkanes) is 2. The van der Waals surface area contributed by atoms with Gasteiger partial charge in [-0.1, -0.05) is 6.42 Å². The van der Waals surface area contributed by atoms with E-state index >= 15 is 0 Å². The van der Waals surface area contributed by atoms with E-state index in [2.05, 4.69) is 9.88 Å². The van der Waals surface area contributed by atoms with Gasteiger partial charge in [0.25, 0.3) is 5.91 Å². The molecular weight excluding hydrogens is 482 g/mol. The van der Waals surface area contributed by atoms with E-state index in [9.17, 15) is 18.0 Å². The zero-order chi connectivity index (χ0) is 25.9. The Labute approximate surface area is 209 Å². The van der Waals surface area contributed by atoms with Crippen molar-refractivity contribution in [1.82, 2.24) is 4.57 Å². The van der Waals surface area contributed by atoms with Crippen LogP contribution in [0.5, 0.6) is 5.75 Å². The van der Waals surface area contributed by atoms with Crippen molar-refractivity contribution in [2.24, 2.45) is 5.14 Å². The van der Waals surface area contributed by atoms with Crippen molar-refractivity contribution in [3.63, 3.8) is 0 Å². The summed E-state index contributed by atoms with van der Waals surface area (Å²) in [6.07, 6.45) is 6.63. The number of hydrogen-bond donors (Lipinski definition) is 2. The molecule has 1 amide bonds. The molecule has 0 unspecified atom stereocenters. The maximum atomic E-state index is 12.8. The molecule has 2 heterocycles. The number of aromatic nitrogens is 1. The summed E-state index contributed by atoms with van der Waals surface area (Å²) in [6.45, 7) is 2.92. The van der Waals surface area contributed by atoms with Crippen LogP contribution in [0.1, 0.15) is 43.7 Å². The first-order chi connectivity index (χ1) is 17.2. The molecule has 0 saturated heterocycles. The second kappa shape index (κ2) is 10.5. The van der Waals surface area contributed by atoms with E-state index in [0.717, 1.165) is 42.3 Å². The van der Waals surface area contributed by atoms with Crippen LogP contribution in [-0.2, 0) is 30.9 Å². The van der Waals surface area contributed by atoms with Crippen LogP contribution >= 0.6 is 0 Å². The van der Waals surface area contributed by atoms with E-state index in [1.165, 1.54) is 18.2 Å². The molecule has 10 heteroatoms. The number of methoxy groups -OCH3 is 1. The molecule has 2 aromatic carbocycles. The number of primary sulfonamides is 1. The summed E-state index contributed by atoms with van der Waals surface area (Å²) >= 11 is 0.